The van der Waals surface area contributed by atoms with E-state index in [0.717, 1.165) is 31.9 Å². The zero-order valence-electron chi connectivity index (χ0n) is 12.6. The summed E-state index contributed by atoms with van der Waals surface area (Å²) < 4.78 is 5.05. The van der Waals surface area contributed by atoms with Gasteiger partial charge in [0, 0.05) is 26.6 Å². The Morgan fingerprint density at radius 1 is 1.20 bits per heavy atom. The molecule has 0 fully saturated rings. The van der Waals surface area contributed by atoms with Gasteiger partial charge in [-0.1, -0.05) is 24.9 Å². The molecule has 0 aromatic carbocycles. The number of hydrogen-bond donors (Lipinski definition) is 2. The number of aryl methyl sites for hydroxylation is 2. The highest BCUT2D eigenvalue weighted by atomic mass is 127. The average Bonchev–Trinajstić information content (AvgIpc) is 2.82. The molecule has 0 unspecified atom stereocenters. The van der Waals surface area contributed by atoms with E-state index in [4.69, 9.17) is 4.52 Å². The maximum atomic E-state index is 5.05. The minimum absolute atomic E-state index is 0. The molecule has 1 rings (SSSR count). The maximum absolute atomic E-state index is 5.05. The normalized spacial score (nSPS) is 11.1. The molecule has 0 amide bonds. The summed E-state index contributed by atoms with van der Waals surface area (Å²) in [5.74, 6) is 2.25. The van der Waals surface area contributed by atoms with E-state index in [9.17, 15) is 0 Å². The first-order chi connectivity index (χ1) is 9.26. The number of halogens is 1. The Balaban J connectivity index is 0.00000361. The van der Waals surface area contributed by atoms with E-state index in [0.29, 0.717) is 11.7 Å². The van der Waals surface area contributed by atoms with Gasteiger partial charge in [0.2, 0.25) is 5.89 Å². The SMILES string of the molecule is CCCCCNC(=NC)NCCCc1nc(C)no1.I. The molecule has 0 atom stereocenters. The van der Waals surface area contributed by atoms with Gasteiger partial charge in [-0.25, -0.2) is 0 Å². The van der Waals surface area contributed by atoms with Crippen molar-refractivity contribution >= 4 is 29.9 Å². The highest BCUT2D eigenvalue weighted by molar-refractivity contribution is 14.0. The molecule has 7 heteroatoms. The summed E-state index contributed by atoms with van der Waals surface area (Å²) in [7, 11) is 1.79. The van der Waals surface area contributed by atoms with Crippen molar-refractivity contribution in [1.82, 2.24) is 20.8 Å². The second-order valence-corrected chi connectivity index (χ2v) is 4.47. The van der Waals surface area contributed by atoms with Crippen LogP contribution in [0.15, 0.2) is 9.52 Å². The lowest BCUT2D eigenvalue weighted by molar-refractivity contribution is 0.372. The van der Waals surface area contributed by atoms with Crippen LogP contribution in [0, 0.1) is 6.92 Å². The van der Waals surface area contributed by atoms with Gasteiger partial charge in [-0.2, -0.15) is 4.98 Å². The fourth-order valence-electron chi connectivity index (χ4n) is 1.69. The van der Waals surface area contributed by atoms with Crippen LogP contribution < -0.4 is 10.6 Å². The first-order valence-corrected chi connectivity index (χ1v) is 7.00. The number of aliphatic imine (C=N–C) groups is 1. The largest absolute Gasteiger partial charge is 0.356 e. The summed E-state index contributed by atoms with van der Waals surface area (Å²) in [6.07, 6.45) is 5.40. The molecule has 0 aliphatic heterocycles. The number of hydrogen-bond acceptors (Lipinski definition) is 4. The van der Waals surface area contributed by atoms with Crippen LogP contribution in [0.1, 0.15) is 44.3 Å². The molecule has 1 aromatic rings. The van der Waals surface area contributed by atoms with Crippen LogP contribution in [-0.4, -0.2) is 36.2 Å². The third-order valence-electron chi connectivity index (χ3n) is 2.73. The second kappa shape index (κ2) is 11.9. The number of guanidine groups is 1. The number of unbranched alkanes of at least 4 members (excludes halogenated alkanes) is 2. The fourth-order valence-corrected chi connectivity index (χ4v) is 1.69. The number of rotatable bonds is 8. The molecule has 6 nitrogen and oxygen atoms in total. The van der Waals surface area contributed by atoms with Crippen molar-refractivity contribution in [2.24, 2.45) is 4.99 Å². The van der Waals surface area contributed by atoms with E-state index >= 15 is 0 Å². The van der Waals surface area contributed by atoms with Crippen LogP contribution in [0.5, 0.6) is 0 Å². The lowest BCUT2D eigenvalue weighted by Gasteiger charge is -2.10. The summed E-state index contributed by atoms with van der Waals surface area (Å²) in [6.45, 7) is 5.84. The Morgan fingerprint density at radius 2 is 1.90 bits per heavy atom. The molecule has 1 aromatic heterocycles. The molecule has 0 aliphatic rings. The van der Waals surface area contributed by atoms with Gasteiger partial charge in [-0.15, -0.1) is 24.0 Å². The average molecular weight is 395 g/mol. The molecule has 0 radical (unpaired) electrons. The monoisotopic (exact) mass is 395 g/mol. The van der Waals surface area contributed by atoms with Crippen molar-refractivity contribution in [1.29, 1.82) is 0 Å². The van der Waals surface area contributed by atoms with Crippen LogP contribution in [0.25, 0.3) is 0 Å². The van der Waals surface area contributed by atoms with E-state index in [1.54, 1.807) is 7.05 Å². The molecule has 2 N–H and O–H groups in total. The zero-order chi connectivity index (χ0) is 13.9. The quantitative estimate of drug-likeness (QED) is 0.306. The molecular weight excluding hydrogens is 369 g/mol. The molecule has 0 aliphatic carbocycles. The first-order valence-electron chi connectivity index (χ1n) is 7.00. The standard InChI is InChI=1S/C13H25N5O.HI/c1-4-5-6-9-15-13(14-3)16-10-7-8-12-17-11(2)18-19-12;/h4-10H2,1-3H3,(H2,14,15,16);1H. The predicted octanol–water partition coefficient (Wildman–Crippen LogP) is 2.28. The van der Waals surface area contributed by atoms with Crippen LogP contribution in [0.4, 0.5) is 0 Å². The highest BCUT2D eigenvalue weighted by Gasteiger charge is 2.02. The zero-order valence-corrected chi connectivity index (χ0v) is 14.9. The summed E-state index contributed by atoms with van der Waals surface area (Å²) in [5, 5.41) is 10.3. The van der Waals surface area contributed by atoms with Crippen LogP contribution >= 0.6 is 24.0 Å². The number of aromatic nitrogens is 2. The topological polar surface area (TPSA) is 75.3 Å². The van der Waals surface area contributed by atoms with Crippen LogP contribution in [-0.2, 0) is 6.42 Å². The molecule has 0 spiro atoms. The first kappa shape index (κ1) is 19.1. The molecular formula is C13H26IN5O. The molecule has 0 saturated carbocycles. The summed E-state index contributed by atoms with van der Waals surface area (Å²) in [6, 6.07) is 0. The minimum Gasteiger partial charge on any atom is -0.356 e. The second-order valence-electron chi connectivity index (χ2n) is 4.47. The lowest BCUT2D eigenvalue weighted by atomic mass is 10.2. The van der Waals surface area contributed by atoms with Gasteiger partial charge in [-0.3, -0.25) is 4.99 Å². The fraction of sp³-hybridized carbons (Fsp3) is 0.769. The van der Waals surface area contributed by atoms with Crippen molar-refractivity contribution in [3.05, 3.63) is 11.7 Å². The summed E-state index contributed by atoms with van der Waals surface area (Å²) in [5.41, 5.74) is 0. The van der Waals surface area contributed by atoms with Gasteiger partial charge >= 0.3 is 0 Å². The van der Waals surface area contributed by atoms with Crippen molar-refractivity contribution in [2.75, 3.05) is 20.1 Å². The Hall–Kier alpha value is -0.860. The molecule has 116 valence electrons. The Kier molecular flexibility index (Phi) is 11.4. The lowest BCUT2D eigenvalue weighted by Crippen LogP contribution is -2.38. The molecule has 1 heterocycles. The van der Waals surface area contributed by atoms with Crippen LogP contribution in [0.3, 0.4) is 0 Å². The van der Waals surface area contributed by atoms with E-state index in [2.05, 4.69) is 32.7 Å². The highest BCUT2D eigenvalue weighted by Crippen LogP contribution is 1.98. The molecule has 0 saturated heterocycles. The molecule has 0 bridgehead atoms. The predicted molar refractivity (Wildman–Crippen MR) is 91.7 cm³/mol. The Labute approximate surface area is 138 Å². The van der Waals surface area contributed by atoms with Crippen LogP contribution in [0.2, 0.25) is 0 Å². The van der Waals surface area contributed by atoms with Crippen molar-refractivity contribution in [2.45, 2.75) is 46.0 Å². The van der Waals surface area contributed by atoms with E-state index in [-0.39, 0.29) is 24.0 Å². The van der Waals surface area contributed by atoms with Gasteiger partial charge in [0.25, 0.3) is 0 Å². The number of nitrogens with one attached hydrogen (secondary N) is 2. The van der Waals surface area contributed by atoms with Crippen molar-refractivity contribution < 1.29 is 4.52 Å². The van der Waals surface area contributed by atoms with E-state index in [1.165, 1.54) is 19.3 Å². The van der Waals surface area contributed by atoms with Crippen molar-refractivity contribution in [3.8, 4) is 0 Å². The van der Waals surface area contributed by atoms with Gasteiger partial charge < -0.3 is 15.2 Å². The molecule has 20 heavy (non-hydrogen) atoms. The van der Waals surface area contributed by atoms with Gasteiger partial charge in [0.1, 0.15) is 0 Å². The Morgan fingerprint density at radius 3 is 2.45 bits per heavy atom. The van der Waals surface area contributed by atoms with Gasteiger partial charge in [0.15, 0.2) is 11.8 Å². The smallest absolute Gasteiger partial charge is 0.226 e. The van der Waals surface area contributed by atoms with Crippen molar-refractivity contribution in [3.63, 3.8) is 0 Å². The van der Waals surface area contributed by atoms with Gasteiger partial charge in [0.05, 0.1) is 0 Å². The minimum atomic E-state index is 0. The summed E-state index contributed by atoms with van der Waals surface area (Å²) in [4.78, 5) is 8.34. The maximum Gasteiger partial charge on any atom is 0.226 e. The third kappa shape index (κ3) is 8.34. The van der Waals surface area contributed by atoms with E-state index in [1.807, 2.05) is 6.92 Å². The number of nitrogens with zero attached hydrogens (tertiary/aromatic N) is 3. The van der Waals surface area contributed by atoms with E-state index < -0.39 is 0 Å². The van der Waals surface area contributed by atoms with Gasteiger partial charge in [-0.05, 0) is 19.8 Å². The Bertz CT molecular complexity index is 381. The third-order valence-corrected chi connectivity index (χ3v) is 2.73. The summed E-state index contributed by atoms with van der Waals surface area (Å²) >= 11 is 0.